The summed E-state index contributed by atoms with van der Waals surface area (Å²) in [4.78, 5) is 29.2. The number of hydrogen-bond donors (Lipinski definition) is 0. The SMILES string of the molecule is O=C(OCCN1CCN(C(=O)C(F)(F)F)CC1)c1ccncc1. The number of carbonyl (C=O) groups is 2. The third kappa shape index (κ3) is 4.92. The van der Waals surface area contributed by atoms with E-state index >= 15 is 0 Å². The third-order valence-electron chi connectivity index (χ3n) is 3.46. The minimum atomic E-state index is -4.83. The summed E-state index contributed by atoms with van der Waals surface area (Å²) < 4.78 is 42.0. The van der Waals surface area contributed by atoms with Gasteiger partial charge in [-0.25, -0.2) is 4.79 Å². The van der Waals surface area contributed by atoms with Gasteiger partial charge in [-0.1, -0.05) is 0 Å². The first-order chi connectivity index (χ1) is 10.9. The molecule has 23 heavy (non-hydrogen) atoms. The summed E-state index contributed by atoms with van der Waals surface area (Å²) in [6.07, 6.45) is -1.87. The van der Waals surface area contributed by atoms with Crippen molar-refractivity contribution in [1.29, 1.82) is 0 Å². The average Bonchev–Trinajstić information content (AvgIpc) is 2.54. The van der Waals surface area contributed by atoms with Crippen LogP contribution in [0.5, 0.6) is 0 Å². The van der Waals surface area contributed by atoms with E-state index in [1.165, 1.54) is 24.5 Å². The predicted molar refractivity (Wildman–Crippen MR) is 73.6 cm³/mol. The van der Waals surface area contributed by atoms with Gasteiger partial charge in [-0.05, 0) is 12.1 Å². The second kappa shape index (κ2) is 7.40. The van der Waals surface area contributed by atoms with Crippen LogP contribution in [0, 0.1) is 0 Å². The van der Waals surface area contributed by atoms with Crippen molar-refractivity contribution in [2.45, 2.75) is 6.18 Å². The van der Waals surface area contributed by atoms with Crippen molar-refractivity contribution in [2.75, 3.05) is 39.3 Å². The molecule has 0 radical (unpaired) electrons. The summed E-state index contributed by atoms with van der Waals surface area (Å²) >= 11 is 0. The van der Waals surface area contributed by atoms with Gasteiger partial charge < -0.3 is 9.64 Å². The Labute approximate surface area is 130 Å². The molecule has 0 spiro atoms. The second-order valence-corrected chi connectivity index (χ2v) is 5.00. The van der Waals surface area contributed by atoms with Crippen molar-refractivity contribution in [3.8, 4) is 0 Å². The number of halogens is 3. The van der Waals surface area contributed by atoms with E-state index in [-0.39, 0.29) is 19.7 Å². The standard InChI is InChI=1S/C14H16F3N3O3/c15-14(16,17)13(22)20-7-5-19(6-8-20)9-10-23-12(21)11-1-3-18-4-2-11/h1-4H,5-10H2. The number of piperazine rings is 1. The molecule has 2 rings (SSSR count). The lowest BCUT2D eigenvalue weighted by Crippen LogP contribution is -2.52. The van der Waals surface area contributed by atoms with E-state index in [1.54, 1.807) is 0 Å². The maximum atomic E-state index is 12.3. The number of ether oxygens (including phenoxy) is 1. The van der Waals surface area contributed by atoms with Crippen LogP contribution in [0.3, 0.4) is 0 Å². The fourth-order valence-corrected chi connectivity index (χ4v) is 2.19. The number of nitrogens with zero attached hydrogens (tertiary/aromatic N) is 3. The molecule has 0 aromatic carbocycles. The van der Waals surface area contributed by atoms with Gasteiger partial charge in [0, 0.05) is 45.1 Å². The van der Waals surface area contributed by atoms with E-state index in [4.69, 9.17) is 4.74 Å². The Balaban J connectivity index is 1.69. The second-order valence-electron chi connectivity index (χ2n) is 5.00. The Hall–Kier alpha value is -2.16. The first-order valence-corrected chi connectivity index (χ1v) is 7.03. The van der Waals surface area contributed by atoms with E-state index in [0.29, 0.717) is 25.2 Å². The number of hydrogen-bond acceptors (Lipinski definition) is 5. The summed E-state index contributed by atoms with van der Waals surface area (Å²) in [6.45, 7) is 1.19. The predicted octanol–water partition coefficient (Wildman–Crippen LogP) is 0.945. The van der Waals surface area contributed by atoms with E-state index in [2.05, 4.69) is 4.98 Å². The minimum Gasteiger partial charge on any atom is -0.461 e. The van der Waals surface area contributed by atoms with Gasteiger partial charge in [0.1, 0.15) is 6.61 Å². The first-order valence-electron chi connectivity index (χ1n) is 7.03. The molecule has 1 aromatic heterocycles. The summed E-state index contributed by atoms with van der Waals surface area (Å²) in [5.41, 5.74) is 0.389. The number of pyridine rings is 1. The van der Waals surface area contributed by atoms with Gasteiger partial charge in [0.25, 0.3) is 0 Å². The maximum absolute atomic E-state index is 12.3. The topological polar surface area (TPSA) is 62.7 Å². The highest BCUT2D eigenvalue weighted by Crippen LogP contribution is 2.19. The first kappa shape index (κ1) is 17.2. The zero-order valence-electron chi connectivity index (χ0n) is 12.3. The molecule has 1 amide bonds. The molecule has 0 bridgehead atoms. The zero-order chi connectivity index (χ0) is 16.9. The van der Waals surface area contributed by atoms with Crippen LogP contribution in [-0.4, -0.2) is 72.2 Å². The van der Waals surface area contributed by atoms with Crippen molar-refractivity contribution in [3.63, 3.8) is 0 Å². The van der Waals surface area contributed by atoms with Gasteiger partial charge in [0.2, 0.25) is 0 Å². The average molecular weight is 331 g/mol. The van der Waals surface area contributed by atoms with E-state index in [1.807, 2.05) is 4.90 Å². The third-order valence-corrected chi connectivity index (χ3v) is 3.46. The van der Waals surface area contributed by atoms with Crippen molar-refractivity contribution in [3.05, 3.63) is 30.1 Å². The van der Waals surface area contributed by atoms with E-state index < -0.39 is 18.1 Å². The number of alkyl halides is 3. The molecule has 0 saturated carbocycles. The number of carbonyl (C=O) groups excluding carboxylic acids is 2. The summed E-state index contributed by atoms with van der Waals surface area (Å²) in [7, 11) is 0. The monoisotopic (exact) mass is 331 g/mol. The lowest BCUT2D eigenvalue weighted by atomic mass is 10.3. The van der Waals surface area contributed by atoms with Crippen molar-refractivity contribution in [2.24, 2.45) is 0 Å². The maximum Gasteiger partial charge on any atom is 0.471 e. The van der Waals surface area contributed by atoms with Gasteiger partial charge >= 0.3 is 18.1 Å². The van der Waals surface area contributed by atoms with Gasteiger partial charge in [0.15, 0.2) is 0 Å². The molecule has 2 heterocycles. The Morgan fingerprint density at radius 1 is 1.13 bits per heavy atom. The fourth-order valence-electron chi connectivity index (χ4n) is 2.19. The molecule has 1 fully saturated rings. The largest absolute Gasteiger partial charge is 0.471 e. The van der Waals surface area contributed by atoms with Crippen molar-refractivity contribution >= 4 is 11.9 Å². The lowest BCUT2D eigenvalue weighted by molar-refractivity contribution is -0.187. The van der Waals surface area contributed by atoms with Crippen LogP contribution in [0.15, 0.2) is 24.5 Å². The Kier molecular flexibility index (Phi) is 5.54. The van der Waals surface area contributed by atoms with Crippen LogP contribution >= 0.6 is 0 Å². The highest BCUT2D eigenvalue weighted by molar-refractivity contribution is 5.89. The van der Waals surface area contributed by atoms with Gasteiger partial charge in [-0.3, -0.25) is 14.7 Å². The lowest BCUT2D eigenvalue weighted by Gasteiger charge is -2.34. The quantitative estimate of drug-likeness (QED) is 0.769. The summed E-state index contributed by atoms with van der Waals surface area (Å²) in [5, 5.41) is 0. The number of rotatable bonds is 4. The molecule has 0 aliphatic carbocycles. The number of esters is 1. The molecule has 1 aliphatic heterocycles. The van der Waals surface area contributed by atoms with Crippen LogP contribution in [-0.2, 0) is 9.53 Å². The van der Waals surface area contributed by atoms with Gasteiger partial charge in [-0.15, -0.1) is 0 Å². The normalized spacial score (nSPS) is 16.2. The molecule has 1 saturated heterocycles. The van der Waals surface area contributed by atoms with Crippen LogP contribution in [0.2, 0.25) is 0 Å². The van der Waals surface area contributed by atoms with Crippen LogP contribution in [0.25, 0.3) is 0 Å². The van der Waals surface area contributed by atoms with Gasteiger partial charge in [0.05, 0.1) is 5.56 Å². The Morgan fingerprint density at radius 2 is 1.74 bits per heavy atom. The number of aromatic nitrogens is 1. The molecular weight excluding hydrogens is 315 g/mol. The van der Waals surface area contributed by atoms with Crippen molar-refractivity contribution in [1.82, 2.24) is 14.8 Å². The van der Waals surface area contributed by atoms with Gasteiger partial charge in [-0.2, -0.15) is 13.2 Å². The summed E-state index contributed by atoms with van der Waals surface area (Å²) in [6, 6.07) is 3.06. The molecule has 0 unspecified atom stereocenters. The summed E-state index contributed by atoms with van der Waals surface area (Å²) in [5.74, 6) is -2.28. The zero-order valence-corrected chi connectivity index (χ0v) is 12.3. The van der Waals surface area contributed by atoms with Crippen LogP contribution < -0.4 is 0 Å². The number of amides is 1. The minimum absolute atomic E-state index is 0.0106. The van der Waals surface area contributed by atoms with Crippen LogP contribution in [0.1, 0.15) is 10.4 Å². The molecule has 0 N–H and O–H groups in total. The Bertz CT molecular complexity index is 543. The Morgan fingerprint density at radius 3 is 2.30 bits per heavy atom. The molecule has 1 aliphatic rings. The van der Waals surface area contributed by atoms with E-state index in [9.17, 15) is 22.8 Å². The van der Waals surface area contributed by atoms with E-state index in [0.717, 1.165) is 4.90 Å². The molecule has 0 atom stereocenters. The fraction of sp³-hybridized carbons (Fsp3) is 0.500. The molecule has 9 heteroatoms. The molecule has 1 aromatic rings. The van der Waals surface area contributed by atoms with Crippen molar-refractivity contribution < 1.29 is 27.5 Å². The highest BCUT2D eigenvalue weighted by Gasteiger charge is 2.43. The van der Waals surface area contributed by atoms with Crippen LogP contribution in [0.4, 0.5) is 13.2 Å². The highest BCUT2D eigenvalue weighted by atomic mass is 19.4. The molecule has 6 nitrogen and oxygen atoms in total. The molecular formula is C14H16F3N3O3. The smallest absolute Gasteiger partial charge is 0.461 e. The molecule has 126 valence electrons.